The number of anilines is 1. The number of benzene rings is 2. The normalized spacial score (nSPS) is 21.5. The summed E-state index contributed by atoms with van der Waals surface area (Å²) >= 11 is 0. The summed E-state index contributed by atoms with van der Waals surface area (Å²) in [4.78, 5) is 0.319. The maximum absolute atomic E-state index is 12.9. The summed E-state index contributed by atoms with van der Waals surface area (Å²) in [6.45, 7) is 7.34. The van der Waals surface area contributed by atoms with Crippen LogP contribution in [0.2, 0.25) is 0 Å². The second kappa shape index (κ2) is 7.78. The number of nitrogens with one attached hydrogen (secondary N) is 1. The summed E-state index contributed by atoms with van der Waals surface area (Å²) < 4.78 is 32.8. The lowest BCUT2D eigenvalue weighted by Gasteiger charge is -2.34. The molecule has 0 saturated carbocycles. The summed E-state index contributed by atoms with van der Waals surface area (Å²) in [6.07, 6.45) is -0.187. The highest BCUT2D eigenvalue weighted by Gasteiger charge is 2.32. The molecule has 6 heteroatoms. The maximum Gasteiger partial charge on any atom is 0.243 e. The third-order valence-corrected chi connectivity index (χ3v) is 6.34. The van der Waals surface area contributed by atoms with Gasteiger partial charge >= 0.3 is 0 Å². The van der Waals surface area contributed by atoms with E-state index in [2.05, 4.69) is 36.5 Å². The first-order valence-electron chi connectivity index (χ1n) is 8.89. The van der Waals surface area contributed by atoms with Crippen molar-refractivity contribution in [3.05, 3.63) is 59.7 Å². The molecule has 140 valence electrons. The smallest absolute Gasteiger partial charge is 0.243 e. The van der Waals surface area contributed by atoms with E-state index in [4.69, 9.17) is 4.74 Å². The zero-order valence-electron chi connectivity index (χ0n) is 15.5. The Morgan fingerprint density at radius 1 is 1.00 bits per heavy atom. The molecule has 2 aromatic rings. The van der Waals surface area contributed by atoms with E-state index in [1.54, 1.807) is 12.1 Å². The van der Waals surface area contributed by atoms with Crippen LogP contribution in [0.1, 0.15) is 25.0 Å². The number of aryl methyl sites for hydroxylation is 1. The monoisotopic (exact) mass is 374 g/mol. The van der Waals surface area contributed by atoms with Crippen molar-refractivity contribution < 1.29 is 13.2 Å². The Balaban J connectivity index is 1.67. The van der Waals surface area contributed by atoms with Crippen molar-refractivity contribution in [2.45, 2.75) is 44.4 Å². The SMILES string of the molecule is Cc1ccc(CNc2ccc(S(=O)(=O)N3CC(C)OC(C)C3)cc2)cc1. The number of rotatable bonds is 5. The van der Waals surface area contributed by atoms with Gasteiger partial charge in [0, 0.05) is 25.3 Å². The van der Waals surface area contributed by atoms with Gasteiger partial charge in [0.1, 0.15) is 0 Å². The first-order chi connectivity index (χ1) is 12.3. The molecule has 1 saturated heterocycles. The van der Waals surface area contributed by atoms with Crippen molar-refractivity contribution in [2.24, 2.45) is 0 Å². The average Bonchev–Trinajstić information content (AvgIpc) is 2.61. The highest BCUT2D eigenvalue weighted by Crippen LogP contribution is 2.22. The van der Waals surface area contributed by atoms with E-state index in [9.17, 15) is 8.42 Å². The van der Waals surface area contributed by atoms with Gasteiger partial charge in [-0.25, -0.2) is 8.42 Å². The fourth-order valence-corrected chi connectivity index (χ4v) is 4.72. The van der Waals surface area contributed by atoms with E-state index >= 15 is 0 Å². The van der Waals surface area contributed by atoms with E-state index in [1.807, 2.05) is 26.0 Å². The molecule has 0 spiro atoms. The topological polar surface area (TPSA) is 58.6 Å². The van der Waals surface area contributed by atoms with E-state index in [0.717, 1.165) is 5.69 Å². The van der Waals surface area contributed by atoms with Crippen LogP contribution in [0.25, 0.3) is 0 Å². The van der Waals surface area contributed by atoms with Gasteiger partial charge < -0.3 is 10.1 Å². The van der Waals surface area contributed by atoms with Gasteiger partial charge in [0.25, 0.3) is 0 Å². The molecule has 1 fully saturated rings. The standard InChI is InChI=1S/C20H26N2O3S/c1-15-4-6-18(7-5-15)12-21-19-8-10-20(11-9-19)26(23,24)22-13-16(2)25-17(3)14-22/h4-11,16-17,21H,12-14H2,1-3H3. The van der Waals surface area contributed by atoms with E-state index in [0.29, 0.717) is 24.5 Å². The van der Waals surface area contributed by atoms with Gasteiger partial charge in [0.05, 0.1) is 17.1 Å². The molecular formula is C20H26N2O3S. The molecule has 26 heavy (non-hydrogen) atoms. The zero-order valence-corrected chi connectivity index (χ0v) is 16.3. The Labute approximate surface area is 156 Å². The van der Waals surface area contributed by atoms with Crippen LogP contribution in [-0.4, -0.2) is 38.0 Å². The van der Waals surface area contributed by atoms with Gasteiger partial charge in [-0.15, -0.1) is 0 Å². The van der Waals surface area contributed by atoms with Crippen LogP contribution < -0.4 is 5.32 Å². The van der Waals surface area contributed by atoms with Crippen LogP contribution in [0.4, 0.5) is 5.69 Å². The Kier molecular flexibility index (Phi) is 5.65. The second-order valence-electron chi connectivity index (χ2n) is 6.94. The van der Waals surface area contributed by atoms with Crippen LogP contribution in [0.5, 0.6) is 0 Å². The number of hydrogen-bond acceptors (Lipinski definition) is 4. The lowest BCUT2D eigenvalue weighted by molar-refractivity contribution is -0.0440. The van der Waals surface area contributed by atoms with Gasteiger partial charge in [0.2, 0.25) is 10.0 Å². The minimum atomic E-state index is -3.49. The summed E-state index contributed by atoms with van der Waals surface area (Å²) in [5.74, 6) is 0. The van der Waals surface area contributed by atoms with Crippen LogP contribution in [-0.2, 0) is 21.3 Å². The van der Waals surface area contributed by atoms with Crippen LogP contribution in [0.15, 0.2) is 53.4 Å². The molecule has 1 N–H and O–H groups in total. The minimum absolute atomic E-state index is 0.0935. The average molecular weight is 375 g/mol. The lowest BCUT2D eigenvalue weighted by atomic mass is 10.1. The molecule has 1 aliphatic heterocycles. The van der Waals surface area contributed by atoms with Gasteiger partial charge in [-0.05, 0) is 50.6 Å². The van der Waals surface area contributed by atoms with Crippen molar-refractivity contribution in [1.29, 1.82) is 0 Å². The van der Waals surface area contributed by atoms with Crippen molar-refractivity contribution in [1.82, 2.24) is 4.31 Å². The molecule has 2 atom stereocenters. The van der Waals surface area contributed by atoms with Crippen molar-refractivity contribution >= 4 is 15.7 Å². The third kappa shape index (κ3) is 4.44. The Bertz CT molecular complexity index is 822. The lowest BCUT2D eigenvalue weighted by Crippen LogP contribution is -2.48. The quantitative estimate of drug-likeness (QED) is 0.871. The molecule has 1 heterocycles. The summed E-state index contributed by atoms with van der Waals surface area (Å²) in [5.41, 5.74) is 3.31. The molecule has 0 amide bonds. The van der Waals surface area contributed by atoms with Gasteiger partial charge in [-0.2, -0.15) is 4.31 Å². The number of sulfonamides is 1. The van der Waals surface area contributed by atoms with Gasteiger partial charge in [-0.3, -0.25) is 0 Å². The molecular weight excluding hydrogens is 348 g/mol. The molecule has 0 radical (unpaired) electrons. The Morgan fingerprint density at radius 3 is 2.15 bits per heavy atom. The largest absolute Gasteiger partial charge is 0.381 e. The summed E-state index contributed by atoms with van der Waals surface area (Å²) in [6, 6.07) is 15.3. The van der Waals surface area contributed by atoms with Crippen molar-refractivity contribution in [3.8, 4) is 0 Å². The number of morpholine rings is 1. The van der Waals surface area contributed by atoms with Crippen LogP contribution >= 0.6 is 0 Å². The second-order valence-corrected chi connectivity index (χ2v) is 8.88. The molecule has 3 rings (SSSR count). The minimum Gasteiger partial charge on any atom is -0.381 e. The molecule has 2 aromatic carbocycles. The van der Waals surface area contributed by atoms with Crippen molar-refractivity contribution in [2.75, 3.05) is 18.4 Å². The molecule has 0 aromatic heterocycles. The zero-order chi connectivity index (χ0) is 18.7. The predicted molar refractivity (Wildman–Crippen MR) is 104 cm³/mol. The Hall–Kier alpha value is -1.89. The number of nitrogens with zero attached hydrogens (tertiary/aromatic N) is 1. The third-order valence-electron chi connectivity index (χ3n) is 4.50. The van der Waals surface area contributed by atoms with E-state index < -0.39 is 10.0 Å². The summed E-state index contributed by atoms with van der Waals surface area (Å²) in [5, 5.41) is 3.32. The fourth-order valence-electron chi connectivity index (χ4n) is 3.13. The molecule has 5 nitrogen and oxygen atoms in total. The fraction of sp³-hybridized carbons (Fsp3) is 0.400. The van der Waals surface area contributed by atoms with E-state index in [-0.39, 0.29) is 12.2 Å². The number of hydrogen-bond donors (Lipinski definition) is 1. The molecule has 0 aliphatic carbocycles. The van der Waals surface area contributed by atoms with Crippen LogP contribution in [0.3, 0.4) is 0 Å². The summed E-state index contributed by atoms with van der Waals surface area (Å²) in [7, 11) is -3.49. The first kappa shape index (κ1) is 18.9. The van der Waals surface area contributed by atoms with Gasteiger partial charge in [-0.1, -0.05) is 29.8 Å². The van der Waals surface area contributed by atoms with Gasteiger partial charge in [0.15, 0.2) is 0 Å². The molecule has 0 bridgehead atoms. The maximum atomic E-state index is 12.9. The molecule has 2 unspecified atom stereocenters. The first-order valence-corrected chi connectivity index (χ1v) is 10.3. The van der Waals surface area contributed by atoms with E-state index in [1.165, 1.54) is 15.4 Å². The Morgan fingerprint density at radius 2 is 1.58 bits per heavy atom. The predicted octanol–water partition coefficient (Wildman–Crippen LogP) is 3.41. The highest BCUT2D eigenvalue weighted by atomic mass is 32.2. The number of ether oxygens (including phenoxy) is 1. The molecule has 1 aliphatic rings. The van der Waals surface area contributed by atoms with Crippen LogP contribution in [0, 0.1) is 6.92 Å². The van der Waals surface area contributed by atoms with Crippen molar-refractivity contribution in [3.63, 3.8) is 0 Å². The highest BCUT2D eigenvalue weighted by molar-refractivity contribution is 7.89.